The molecule has 1 aliphatic heterocycles. The van der Waals surface area contributed by atoms with Crippen LogP contribution in [-0.4, -0.2) is 65.6 Å². The highest BCUT2D eigenvalue weighted by atomic mass is 16.5. The van der Waals surface area contributed by atoms with Gasteiger partial charge in [0.15, 0.2) is 12.5 Å². The van der Waals surface area contributed by atoms with Crippen LogP contribution in [-0.2, 0) is 20.8 Å². The first-order chi connectivity index (χ1) is 15.0. The van der Waals surface area contributed by atoms with Crippen LogP contribution in [0.5, 0.6) is 5.75 Å². The number of rotatable bonds is 12. The Balaban J connectivity index is 2.15. The fourth-order valence-electron chi connectivity index (χ4n) is 4.49. The number of carbonyl (C=O) groups is 3. The predicted molar refractivity (Wildman–Crippen MR) is 119 cm³/mol. The summed E-state index contributed by atoms with van der Waals surface area (Å²) >= 11 is 0. The maximum atomic E-state index is 13.3. The van der Waals surface area contributed by atoms with E-state index in [1.165, 1.54) is 0 Å². The topological polar surface area (TPSA) is 169 Å². The third kappa shape index (κ3) is 6.68. The summed E-state index contributed by atoms with van der Waals surface area (Å²) in [5, 5.41) is 19.5. The number of benzene rings is 1. The highest BCUT2D eigenvalue weighted by Gasteiger charge is 2.56. The van der Waals surface area contributed by atoms with Gasteiger partial charge in [-0.05, 0) is 24.1 Å². The Morgan fingerprint density at radius 1 is 1.28 bits per heavy atom. The fourth-order valence-corrected chi connectivity index (χ4v) is 4.49. The third-order valence-corrected chi connectivity index (χ3v) is 5.69. The molecule has 1 saturated heterocycles. The van der Waals surface area contributed by atoms with Crippen LogP contribution >= 0.6 is 0 Å². The molecule has 32 heavy (non-hydrogen) atoms. The number of quaternary nitrogens is 1. The third-order valence-electron chi connectivity index (χ3n) is 5.69. The van der Waals surface area contributed by atoms with Gasteiger partial charge in [0, 0.05) is 25.3 Å². The minimum absolute atomic E-state index is 0.0740. The number of ether oxygens (including phenoxy) is 1. The van der Waals surface area contributed by atoms with Gasteiger partial charge in [0.2, 0.25) is 5.91 Å². The molecule has 7 N–H and O–H groups in total. The highest BCUT2D eigenvalue weighted by molar-refractivity contribution is 5.84. The number of carboxylic acids is 1. The molecular weight excluding hydrogens is 414 g/mol. The zero-order valence-electron chi connectivity index (χ0n) is 18.7. The van der Waals surface area contributed by atoms with Crippen molar-refractivity contribution < 1.29 is 28.7 Å². The molecule has 10 heteroatoms. The van der Waals surface area contributed by atoms with Crippen molar-refractivity contribution in [3.63, 3.8) is 0 Å². The maximum absolute atomic E-state index is 13.3. The molecule has 3 atom stereocenters. The zero-order chi connectivity index (χ0) is 23.9. The lowest BCUT2D eigenvalue weighted by Crippen LogP contribution is -2.61. The molecule has 0 saturated carbocycles. The van der Waals surface area contributed by atoms with Gasteiger partial charge in [0.05, 0.1) is 12.5 Å². The number of amides is 2. The van der Waals surface area contributed by atoms with Crippen molar-refractivity contribution in [2.45, 2.75) is 39.2 Å². The number of nitrogens with one attached hydrogen (secondary N) is 2. The van der Waals surface area contributed by atoms with E-state index in [1.807, 2.05) is 38.1 Å². The first-order valence-corrected chi connectivity index (χ1v) is 10.7. The average Bonchev–Trinajstić information content (AvgIpc) is 2.91. The molecule has 0 radical (unpaired) electrons. The Kier molecular flexibility index (Phi) is 8.59. The van der Waals surface area contributed by atoms with Gasteiger partial charge in [-0.25, -0.2) is 14.1 Å². The summed E-state index contributed by atoms with van der Waals surface area (Å²) < 4.78 is 5.72. The van der Waals surface area contributed by atoms with E-state index in [4.69, 9.17) is 21.6 Å². The number of primary amides is 1. The summed E-state index contributed by atoms with van der Waals surface area (Å²) in [6.45, 7) is 4.60. The molecule has 2 rings (SSSR count). The number of hydrogen-bond acceptors (Lipinski definition) is 5. The molecular formula is C22H34N5O5+. The van der Waals surface area contributed by atoms with E-state index in [1.54, 1.807) is 0 Å². The Morgan fingerprint density at radius 3 is 2.47 bits per heavy atom. The molecule has 1 aromatic carbocycles. The van der Waals surface area contributed by atoms with Gasteiger partial charge < -0.3 is 26.6 Å². The SMILES string of the molecule is CC(C)C[N+]1(CC(=O)O)C(=O)[C@H](CC(N)=O)C[C@H]1COc1ccc(CCNC(=N)N)cc1. The van der Waals surface area contributed by atoms with Gasteiger partial charge in [-0.15, -0.1) is 0 Å². The van der Waals surface area contributed by atoms with Gasteiger partial charge in [-0.3, -0.25) is 10.2 Å². The molecule has 0 aromatic heterocycles. The Bertz CT molecular complexity index is 842. The number of guanidine groups is 1. The zero-order valence-corrected chi connectivity index (χ0v) is 18.7. The first kappa shape index (κ1) is 25.1. The predicted octanol–water partition coefficient (Wildman–Crippen LogP) is 0.439. The first-order valence-electron chi connectivity index (χ1n) is 10.7. The molecule has 1 unspecified atom stereocenters. The van der Waals surface area contributed by atoms with Gasteiger partial charge in [0.1, 0.15) is 18.4 Å². The van der Waals surface area contributed by atoms with E-state index >= 15 is 0 Å². The highest BCUT2D eigenvalue weighted by Crippen LogP contribution is 2.36. The molecule has 1 heterocycles. The lowest BCUT2D eigenvalue weighted by molar-refractivity contribution is -0.867. The molecule has 1 aromatic rings. The van der Waals surface area contributed by atoms with Gasteiger partial charge in [-0.1, -0.05) is 26.0 Å². The second kappa shape index (κ2) is 10.9. The van der Waals surface area contributed by atoms with Crippen LogP contribution in [0.15, 0.2) is 24.3 Å². The van der Waals surface area contributed by atoms with Crippen molar-refractivity contribution in [2.75, 3.05) is 26.2 Å². The molecule has 10 nitrogen and oxygen atoms in total. The molecule has 2 amide bonds. The maximum Gasteiger partial charge on any atom is 0.359 e. The van der Waals surface area contributed by atoms with E-state index in [2.05, 4.69) is 5.32 Å². The lowest BCUT2D eigenvalue weighted by Gasteiger charge is -2.37. The molecule has 1 fully saturated rings. The normalized spacial score (nSPS) is 22.7. The van der Waals surface area contributed by atoms with Crippen molar-refractivity contribution >= 4 is 23.7 Å². The lowest BCUT2D eigenvalue weighted by atomic mass is 10.0. The average molecular weight is 449 g/mol. The summed E-state index contributed by atoms with van der Waals surface area (Å²) in [6, 6.07) is 7.05. The summed E-state index contributed by atoms with van der Waals surface area (Å²) in [5.74, 6) is -1.87. The Morgan fingerprint density at radius 2 is 1.94 bits per heavy atom. The van der Waals surface area contributed by atoms with Gasteiger partial charge in [0.25, 0.3) is 0 Å². The van der Waals surface area contributed by atoms with Crippen molar-refractivity contribution in [3.8, 4) is 5.75 Å². The summed E-state index contributed by atoms with van der Waals surface area (Å²) in [5.41, 5.74) is 11.6. The van der Waals surface area contributed by atoms with E-state index in [0.717, 1.165) is 5.56 Å². The van der Waals surface area contributed by atoms with Crippen molar-refractivity contribution in [1.82, 2.24) is 5.32 Å². The Hall–Kier alpha value is -3.14. The minimum atomic E-state index is -1.06. The van der Waals surface area contributed by atoms with E-state index < -0.39 is 17.8 Å². The van der Waals surface area contributed by atoms with E-state index in [0.29, 0.717) is 31.7 Å². The van der Waals surface area contributed by atoms with Crippen LogP contribution in [0.25, 0.3) is 0 Å². The number of hydrogen-bond donors (Lipinski definition) is 5. The number of nitrogens with zero attached hydrogens (tertiary/aromatic N) is 1. The fraction of sp³-hybridized carbons (Fsp3) is 0.545. The molecule has 0 aliphatic carbocycles. The summed E-state index contributed by atoms with van der Waals surface area (Å²) in [6.07, 6.45) is 0.964. The van der Waals surface area contributed by atoms with Crippen LogP contribution in [0.2, 0.25) is 0 Å². The minimum Gasteiger partial charge on any atom is -0.487 e. The summed E-state index contributed by atoms with van der Waals surface area (Å²) in [7, 11) is 0. The number of carbonyl (C=O) groups excluding carboxylic acids is 2. The van der Waals surface area contributed by atoms with Crippen molar-refractivity contribution in [1.29, 1.82) is 5.41 Å². The van der Waals surface area contributed by atoms with Crippen LogP contribution in [0.3, 0.4) is 0 Å². The van der Waals surface area contributed by atoms with Gasteiger partial charge in [-0.2, -0.15) is 0 Å². The largest absolute Gasteiger partial charge is 0.487 e. The standard InChI is InChI=1S/C22H33N5O5/c1-14(2)11-27(12-20(29)30)17(9-16(21(27)31)10-19(23)28)13-32-18-5-3-15(4-6-18)7-8-26-22(24)25/h3-6,14,16-17H,7-13H2,1-2H3,(H6-,23,24,25,26,28,29,30)/p+1/t16-,17-,27?/m0/s1. The molecule has 0 spiro atoms. The number of aliphatic carboxylic acids is 1. The second-order valence-corrected chi connectivity index (χ2v) is 8.80. The smallest absolute Gasteiger partial charge is 0.359 e. The molecule has 176 valence electrons. The van der Waals surface area contributed by atoms with Crippen LogP contribution < -0.4 is 21.5 Å². The van der Waals surface area contributed by atoms with Crippen molar-refractivity contribution in [3.05, 3.63) is 29.8 Å². The van der Waals surface area contributed by atoms with Crippen LogP contribution in [0, 0.1) is 17.2 Å². The van der Waals surface area contributed by atoms with Crippen LogP contribution in [0.1, 0.15) is 32.3 Å². The van der Waals surface area contributed by atoms with E-state index in [-0.39, 0.29) is 47.9 Å². The number of carboxylic acid groups (broad SMARTS) is 1. The number of nitrogens with two attached hydrogens (primary N) is 2. The van der Waals surface area contributed by atoms with Gasteiger partial charge >= 0.3 is 11.9 Å². The van der Waals surface area contributed by atoms with Crippen LogP contribution in [0.4, 0.5) is 0 Å². The second-order valence-electron chi connectivity index (χ2n) is 8.80. The number of likely N-dealkylation sites (tertiary alicyclic amines) is 1. The molecule has 1 aliphatic rings. The van der Waals surface area contributed by atoms with E-state index in [9.17, 15) is 19.5 Å². The summed E-state index contributed by atoms with van der Waals surface area (Å²) in [4.78, 5) is 36.4. The monoisotopic (exact) mass is 448 g/mol. The Labute approximate surface area is 188 Å². The quantitative estimate of drug-likeness (QED) is 0.175. The molecule has 0 bridgehead atoms. The van der Waals surface area contributed by atoms with Crippen molar-refractivity contribution in [2.24, 2.45) is 23.3 Å².